The maximum absolute atomic E-state index is 11.4. The molecular weight excluding hydrogens is 290 g/mol. The first-order chi connectivity index (χ1) is 9.53. The minimum Gasteiger partial charge on any atom is -0.469 e. The summed E-state index contributed by atoms with van der Waals surface area (Å²) in [6, 6.07) is 0. The van der Waals surface area contributed by atoms with Gasteiger partial charge in [-0.3, -0.25) is 9.59 Å². The Morgan fingerprint density at radius 1 is 1.00 bits per heavy atom. The standard InChI is InChI=1S/C14H27NO5Si/c1-14(2,3)21(6,7)20-15-11(10-13(17)19-5)8-9-12(16)18-4/h8-10H2,1-7H3/b15-11+. The van der Waals surface area contributed by atoms with Crippen molar-refractivity contribution >= 4 is 26.0 Å². The molecule has 0 rings (SSSR count). The van der Waals surface area contributed by atoms with Gasteiger partial charge in [0.15, 0.2) is 0 Å². The molecule has 0 saturated heterocycles. The lowest BCUT2D eigenvalue weighted by Gasteiger charge is -2.33. The van der Waals surface area contributed by atoms with E-state index in [1.54, 1.807) is 0 Å². The van der Waals surface area contributed by atoms with E-state index in [0.29, 0.717) is 12.1 Å². The molecule has 0 heterocycles. The van der Waals surface area contributed by atoms with Gasteiger partial charge < -0.3 is 14.0 Å². The molecule has 0 atom stereocenters. The fourth-order valence-corrected chi connectivity index (χ4v) is 1.70. The Morgan fingerprint density at radius 3 is 1.95 bits per heavy atom. The van der Waals surface area contributed by atoms with E-state index in [2.05, 4.69) is 48.5 Å². The van der Waals surface area contributed by atoms with Gasteiger partial charge in [0.1, 0.15) is 0 Å². The zero-order valence-corrected chi connectivity index (χ0v) is 15.1. The summed E-state index contributed by atoms with van der Waals surface area (Å²) in [5.74, 6) is -0.752. The van der Waals surface area contributed by atoms with Crippen molar-refractivity contribution in [2.75, 3.05) is 14.2 Å². The molecule has 0 saturated carbocycles. The number of methoxy groups -OCH3 is 2. The number of ether oxygens (including phenoxy) is 2. The van der Waals surface area contributed by atoms with Crippen LogP contribution in [0.2, 0.25) is 18.1 Å². The zero-order valence-electron chi connectivity index (χ0n) is 14.1. The molecule has 0 aliphatic rings. The summed E-state index contributed by atoms with van der Waals surface area (Å²) in [6.45, 7) is 10.4. The van der Waals surface area contributed by atoms with E-state index >= 15 is 0 Å². The van der Waals surface area contributed by atoms with E-state index in [1.807, 2.05) is 0 Å². The lowest BCUT2D eigenvalue weighted by molar-refractivity contribution is -0.141. The summed E-state index contributed by atoms with van der Waals surface area (Å²) in [7, 11) is 0.590. The Balaban J connectivity index is 4.90. The van der Waals surface area contributed by atoms with Gasteiger partial charge in [0.2, 0.25) is 0 Å². The van der Waals surface area contributed by atoms with Crippen LogP contribution in [0.3, 0.4) is 0 Å². The van der Waals surface area contributed by atoms with Crippen LogP contribution in [0, 0.1) is 0 Å². The second-order valence-electron chi connectivity index (χ2n) is 6.34. The van der Waals surface area contributed by atoms with E-state index in [4.69, 9.17) is 4.53 Å². The van der Waals surface area contributed by atoms with Crippen molar-refractivity contribution in [1.82, 2.24) is 0 Å². The van der Waals surface area contributed by atoms with Crippen molar-refractivity contribution in [3.05, 3.63) is 0 Å². The highest BCUT2D eigenvalue weighted by atomic mass is 28.4. The Labute approximate surface area is 128 Å². The van der Waals surface area contributed by atoms with E-state index in [1.165, 1.54) is 14.2 Å². The van der Waals surface area contributed by atoms with Gasteiger partial charge in [-0.25, -0.2) is 0 Å². The van der Waals surface area contributed by atoms with Gasteiger partial charge in [-0.05, 0) is 18.1 Å². The van der Waals surface area contributed by atoms with Gasteiger partial charge in [-0.2, -0.15) is 0 Å². The SMILES string of the molecule is COC(=O)CC/C(CC(=O)OC)=N\O[Si](C)(C)C(C)(C)C. The van der Waals surface area contributed by atoms with Crippen LogP contribution in [0.25, 0.3) is 0 Å². The lowest BCUT2D eigenvalue weighted by atomic mass is 10.1. The summed E-state index contributed by atoms with van der Waals surface area (Å²) < 4.78 is 15.0. The first-order valence-corrected chi connectivity index (χ1v) is 9.82. The Morgan fingerprint density at radius 2 is 1.52 bits per heavy atom. The van der Waals surface area contributed by atoms with Crippen molar-refractivity contribution in [2.24, 2.45) is 5.16 Å². The highest BCUT2D eigenvalue weighted by Gasteiger charge is 2.40. The molecule has 0 aromatic rings. The predicted molar refractivity (Wildman–Crippen MR) is 83.6 cm³/mol. The van der Waals surface area contributed by atoms with Crippen LogP contribution in [0.4, 0.5) is 0 Å². The Kier molecular flexibility index (Phi) is 7.63. The van der Waals surface area contributed by atoms with Crippen molar-refractivity contribution < 1.29 is 23.6 Å². The molecule has 7 heteroatoms. The molecular formula is C14H27NO5Si. The normalized spacial score (nSPS) is 12.8. The monoisotopic (exact) mass is 317 g/mol. The van der Waals surface area contributed by atoms with E-state index in [0.717, 1.165) is 0 Å². The molecule has 0 spiro atoms. The first kappa shape index (κ1) is 19.6. The second kappa shape index (κ2) is 8.16. The number of nitrogens with zero attached hydrogens (tertiary/aromatic N) is 1. The number of carbonyl (C=O) groups excluding carboxylic acids is 2. The number of hydrogen-bond acceptors (Lipinski definition) is 6. The van der Waals surface area contributed by atoms with Gasteiger partial charge in [0.05, 0.1) is 32.8 Å². The molecule has 0 aromatic heterocycles. The maximum atomic E-state index is 11.4. The number of carbonyl (C=O) groups is 2. The molecule has 0 amide bonds. The average molecular weight is 317 g/mol. The third-order valence-corrected chi connectivity index (χ3v) is 7.79. The predicted octanol–water partition coefficient (Wildman–Crippen LogP) is 2.88. The van der Waals surface area contributed by atoms with Gasteiger partial charge in [-0.1, -0.05) is 20.8 Å². The van der Waals surface area contributed by atoms with Crippen LogP contribution >= 0.6 is 0 Å². The summed E-state index contributed by atoms with van der Waals surface area (Å²) >= 11 is 0. The van der Waals surface area contributed by atoms with Crippen LogP contribution in [0.15, 0.2) is 5.16 Å². The van der Waals surface area contributed by atoms with Crippen LogP contribution in [0.5, 0.6) is 0 Å². The smallest absolute Gasteiger partial charge is 0.311 e. The quantitative estimate of drug-likeness (QED) is 0.312. The fourth-order valence-electron chi connectivity index (χ4n) is 1.07. The topological polar surface area (TPSA) is 74.2 Å². The highest BCUT2D eigenvalue weighted by Crippen LogP contribution is 2.36. The number of esters is 2. The van der Waals surface area contributed by atoms with E-state index < -0.39 is 14.3 Å². The van der Waals surface area contributed by atoms with Crippen molar-refractivity contribution in [3.8, 4) is 0 Å². The molecule has 0 aliphatic heterocycles. The van der Waals surface area contributed by atoms with Gasteiger partial charge in [-0.15, -0.1) is 5.16 Å². The molecule has 122 valence electrons. The van der Waals surface area contributed by atoms with Crippen LogP contribution in [-0.4, -0.2) is 40.2 Å². The Hall–Kier alpha value is -1.37. The molecule has 0 fully saturated rings. The minimum absolute atomic E-state index is 0.00915. The number of rotatable bonds is 7. The van der Waals surface area contributed by atoms with Crippen LogP contribution in [0.1, 0.15) is 40.0 Å². The summed E-state index contributed by atoms with van der Waals surface area (Å²) in [5, 5.41) is 4.13. The molecule has 0 radical (unpaired) electrons. The summed E-state index contributed by atoms with van der Waals surface area (Å²) in [6.07, 6.45) is 0.492. The van der Waals surface area contributed by atoms with E-state index in [9.17, 15) is 9.59 Å². The zero-order chi connectivity index (χ0) is 16.7. The summed E-state index contributed by atoms with van der Waals surface area (Å²) in [4.78, 5) is 22.6. The highest BCUT2D eigenvalue weighted by molar-refractivity contribution is 6.74. The number of hydrogen-bond donors (Lipinski definition) is 0. The molecule has 21 heavy (non-hydrogen) atoms. The number of oxime groups is 1. The van der Waals surface area contributed by atoms with Crippen molar-refractivity contribution in [3.63, 3.8) is 0 Å². The third kappa shape index (κ3) is 7.26. The van der Waals surface area contributed by atoms with Gasteiger partial charge in [0, 0.05) is 6.42 Å². The molecule has 6 nitrogen and oxygen atoms in total. The fraction of sp³-hybridized carbons (Fsp3) is 0.786. The lowest BCUT2D eigenvalue weighted by Crippen LogP contribution is -2.39. The van der Waals surface area contributed by atoms with Gasteiger partial charge in [0.25, 0.3) is 8.32 Å². The first-order valence-electron chi connectivity index (χ1n) is 6.91. The third-order valence-electron chi connectivity index (χ3n) is 3.63. The molecule has 0 N–H and O–H groups in total. The molecule has 0 aliphatic carbocycles. The largest absolute Gasteiger partial charge is 0.469 e. The average Bonchev–Trinajstić information content (AvgIpc) is 2.39. The second-order valence-corrected chi connectivity index (χ2v) is 11.0. The van der Waals surface area contributed by atoms with Crippen molar-refractivity contribution in [2.45, 2.75) is 58.2 Å². The van der Waals surface area contributed by atoms with Gasteiger partial charge >= 0.3 is 11.9 Å². The minimum atomic E-state index is -2.05. The van der Waals surface area contributed by atoms with Crippen molar-refractivity contribution in [1.29, 1.82) is 0 Å². The Bertz CT molecular complexity index is 399. The summed E-state index contributed by atoms with van der Waals surface area (Å²) in [5.41, 5.74) is 0.497. The molecule has 0 bridgehead atoms. The maximum Gasteiger partial charge on any atom is 0.311 e. The van der Waals surface area contributed by atoms with E-state index in [-0.39, 0.29) is 23.8 Å². The molecule has 0 aromatic carbocycles. The van der Waals surface area contributed by atoms with Crippen LogP contribution in [-0.2, 0) is 23.6 Å². The molecule has 0 unspecified atom stereocenters. The van der Waals surface area contributed by atoms with Crippen LogP contribution < -0.4 is 0 Å².